The molecule has 0 aromatic carbocycles. The molecule has 8 heteroatoms. The van der Waals surface area contributed by atoms with E-state index in [-0.39, 0.29) is 0 Å². The summed E-state index contributed by atoms with van der Waals surface area (Å²) in [4.78, 5) is 11.5. The maximum Gasteiger partial charge on any atom is 0.252 e. The first kappa shape index (κ1) is 15.4. The number of anilines is 1. The van der Waals surface area contributed by atoms with Gasteiger partial charge in [0, 0.05) is 43.4 Å². The fraction of sp³-hybridized carbons (Fsp3) is 0.429. The SMILES string of the molecule is Cc1cc(C)c(S(=O)(=O)N2CCN(c3ncccn3)CC2)s1. The molecule has 0 unspecified atom stereocenters. The molecule has 3 heterocycles. The Morgan fingerprint density at radius 3 is 2.27 bits per heavy atom. The van der Waals surface area contributed by atoms with Crippen LogP contribution in [0.1, 0.15) is 10.4 Å². The second-order valence-corrected chi connectivity index (χ2v) is 8.66. The average Bonchev–Trinajstić information content (AvgIpc) is 2.88. The molecule has 6 nitrogen and oxygen atoms in total. The van der Waals surface area contributed by atoms with E-state index in [1.165, 1.54) is 11.3 Å². The summed E-state index contributed by atoms with van der Waals surface area (Å²) >= 11 is 1.34. The molecular weight excluding hydrogens is 320 g/mol. The van der Waals surface area contributed by atoms with Crippen LogP contribution in [0.2, 0.25) is 0 Å². The lowest BCUT2D eigenvalue weighted by atomic mass is 10.4. The minimum atomic E-state index is -3.39. The van der Waals surface area contributed by atoms with Gasteiger partial charge in [-0.1, -0.05) is 0 Å². The maximum absolute atomic E-state index is 12.8. The van der Waals surface area contributed by atoms with Crippen molar-refractivity contribution in [1.29, 1.82) is 0 Å². The quantitative estimate of drug-likeness (QED) is 0.852. The van der Waals surface area contributed by atoms with Crippen molar-refractivity contribution in [2.75, 3.05) is 31.1 Å². The fourth-order valence-corrected chi connectivity index (χ4v) is 5.80. The van der Waals surface area contributed by atoms with Gasteiger partial charge in [0.2, 0.25) is 5.95 Å². The van der Waals surface area contributed by atoms with Crippen molar-refractivity contribution in [3.05, 3.63) is 35.0 Å². The molecule has 0 spiro atoms. The van der Waals surface area contributed by atoms with E-state index < -0.39 is 10.0 Å². The Morgan fingerprint density at radius 2 is 1.73 bits per heavy atom. The van der Waals surface area contributed by atoms with Gasteiger partial charge in [0.15, 0.2) is 0 Å². The Labute approximate surface area is 134 Å². The van der Waals surface area contributed by atoms with E-state index in [0.717, 1.165) is 10.4 Å². The van der Waals surface area contributed by atoms with Gasteiger partial charge in [-0.3, -0.25) is 0 Å². The van der Waals surface area contributed by atoms with E-state index in [2.05, 4.69) is 9.97 Å². The van der Waals surface area contributed by atoms with Crippen LogP contribution in [-0.4, -0.2) is 48.9 Å². The van der Waals surface area contributed by atoms with Gasteiger partial charge in [0.05, 0.1) is 0 Å². The molecule has 22 heavy (non-hydrogen) atoms. The van der Waals surface area contributed by atoms with E-state index in [0.29, 0.717) is 36.3 Å². The van der Waals surface area contributed by atoms with Crippen molar-refractivity contribution in [2.24, 2.45) is 0 Å². The molecule has 0 aliphatic carbocycles. The van der Waals surface area contributed by atoms with Gasteiger partial charge in [0.1, 0.15) is 4.21 Å². The fourth-order valence-electron chi connectivity index (χ4n) is 2.58. The Hall–Kier alpha value is -1.51. The van der Waals surface area contributed by atoms with Crippen LogP contribution in [0.4, 0.5) is 5.95 Å². The molecule has 118 valence electrons. The van der Waals surface area contributed by atoms with Crippen LogP contribution >= 0.6 is 11.3 Å². The van der Waals surface area contributed by atoms with Gasteiger partial charge in [0.25, 0.3) is 10.0 Å². The van der Waals surface area contributed by atoms with Gasteiger partial charge in [-0.05, 0) is 31.5 Å². The van der Waals surface area contributed by atoms with Gasteiger partial charge >= 0.3 is 0 Å². The van der Waals surface area contributed by atoms with Crippen molar-refractivity contribution in [3.63, 3.8) is 0 Å². The molecule has 1 aliphatic heterocycles. The van der Waals surface area contributed by atoms with Crippen molar-refractivity contribution >= 4 is 27.3 Å². The van der Waals surface area contributed by atoms with E-state index in [1.807, 2.05) is 24.8 Å². The molecule has 1 saturated heterocycles. The van der Waals surface area contributed by atoms with Gasteiger partial charge in [-0.15, -0.1) is 11.3 Å². The minimum absolute atomic E-state index is 0.455. The highest BCUT2D eigenvalue weighted by Crippen LogP contribution is 2.29. The number of aryl methyl sites for hydroxylation is 2. The largest absolute Gasteiger partial charge is 0.338 e. The maximum atomic E-state index is 12.8. The van der Waals surface area contributed by atoms with Crippen LogP contribution in [0.15, 0.2) is 28.7 Å². The molecular formula is C14H18N4O2S2. The zero-order valence-corrected chi connectivity index (χ0v) is 14.2. The van der Waals surface area contributed by atoms with Gasteiger partial charge < -0.3 is 4.90 Å². The Morgan fingerprint density at radius 1 is 1.09 bits per heavy atom. The topological polar surface area (TPSA) is 66.4 Å². The van der Waals surface area contributed by atoms with Crippen molar-refractivity contribution in [1.82, 2.24) is 14.3 Å². The van der Waals surface area contributed by atoms with Crippen LogP contribution in [0, 0.1) is 13.8 Å². The van der Waals surface area contributed by atoms with E-state index >= 15 is 0 Å². The Bertz CT molecular complexity index is 750. The lowest BCUT2D eigenvalue weighted by Crippen LogP contribution is -2.49. The number of rotatable bonds is 3. The van der Waals surface area contributed by atoms with E-state index in [9.17, 15) is 8.42 Å². The molecule has 0 bridgehead atoms. The zero-order valence-electron chi connectivity index (χ0n) is 12.6. The first-order valence-electron chi connectivity index (χ1n) is 7.07. The van der Waals surface area contributed by atoms with Crippen LogP contribution < -0.4 is 4.90 Å². The minimum Gasteiger partial charge on any atom is -0.338 e. The predicted molar refractivity (Wildman–Crippen MR) is 86.8 cm³/mol. The number of nitrogens with zero attached hydrogens (tertiary/aromatic N) is 4. The summed E-state index contributed by atoms with van der Waals surface area (Å²) in [6, 6.07) is 3.69. The highest BCUT2D eigenvalue weighted by atomic mass is 32.2. The normalized spacial score (nSPS) is 16.9. The van der Waals surface area contributed by atoms with Crippen LogP contribution in [0.25, 0.3) is 0 Å². The smallest absolute Gasteiger partial charge is 0.252 e. The summed E-state index contributed by atoms with van der Waals surface area (Å²) in [7, 11) is -3.39. The lowest BCUT2D eigenvalue weighted by molar-refractivity contribution is 0.383. The van der Waals surface area contributed by atoms with Crippen molar-refractivity contribution < 1.29 is 8.42 Å². The third kappa shape index (κ3) is 2.86. The van der Waals surface area contributed by atoms with Crippen molar-refractivity contribution in [3.8, 4) is 0 Å². The third-order valence-electron chi connectivity index (χ3n) is 3.64. The third-order valence-corrected chi connectivity index (χ3v) is 7.31. The van der Waals surface area contributed by atoms with Gasteiger partial charge in [-0.25, -0.2) is 18.4 Å². The van der Waals surface area contributed by atoms with Crippen molar-refractivity contribution in [2.45, 2.75) is 18.1 Å². The summed E-state index contributed by atoms with van der Waals surface area (Å²) in [5.41, 5.74) is 0.830. The standard InChI is InChI=1S/C14H18N4O2S2/c1-11-10-12(2)21-13(11)22(19,20)18-8-6-17(7-9-18)14-15-4-3-5-16-14/h3-5,10H,6-9H2,1-2H3. The average molecular weight is 338 g/mol. The Kier molecular flexibility index (Phi) is 4.16. The second kappa shape index (κ2) is 5.94. The molecule has 2 aromatic heterocycles. The summed E-state index contributed by atoms with van der Waals surface area (Å²) in [6.07, 6.45) is 3.40. The summed E-state index contributed by atoms with van der Waals surface area (Å²) in [6.45, 7) is 5.90. The first-order chi connectivity index (χ1) is 10.5. The molecule has 0 N–H and O–H groups in total. The van der Waals surface area contributed by atoms with E-state index in [4.69, 9.17) is 0 Å². The van der Waals surface area contributed by atoms with Crippen LogP contribution in [0.3, 0.4) is 0 Å². The summed E-state index contributed by atoms with van der Waals surface area (Å²) in [5.74, 6) is 0.655. The molecule has 1 aliphatic rings. The molecule has 3 rings (SSSR count). The number of hydrogen-bond acceptors (Lipinski definition) is 6. The zero-order chi connectivity index (χ0) is 15.7. The van der Waals surface area contributed by atoms with Crippen LogP contribution in [0.5, 0.6) is 0 Å². The number of hydrogen-bond donors (Lipinski definition) is 0. The molecule has 0 amide bonds. The Balaban J connectivity index is 1.75. The molecule has 2 aromatic rings. The number of aromatic nitrogens is 2. The number of sulfonamides is 1. The monoisotopic (exact) mass is 338 g/mol. The molecule has 0 atom stereocenters. The summed E-state index contributed by atoms with van der Waals surface area (Å²) in [5, 5.41) is 0. The van der Waals surface area contributed by atoms with Gasteiger partial charge in [-0.2, -0.15) is 4.31 Å². The second-order valence-electron chi connectivity index (χ2n) is 5.27. The first-order valence-corrected chi connectivity index (χ1v) is 9.33. The molecule has 0 saturated carbocycles. The number of piperazine rings is 1. The predicted octanol–water partition coefficient (Wildman–Crippen LogP) is 1.67. The van der Waals surface area contributed by atoms with E-state index in [1.54, 1.807) is 22.8 Å². The molecule has 1 fully saturated rings. The molecule has 0 radical (unpaired) electrons. The van der Waals surface area contributed by atoms with Crippen LogP contribution in [-0.2, 0) is 10.0 Å². The summed E-state index contributed by atoms with van der Waals surface area (Å²) < 4.78 is 27.5. The highest BCUT2D eigenvalue weighted by molar-refractivity contribution is 7.91. The lowest BCUT2D eigenvalue weighted by Gasteiger charge is -2.33. The number of thiophene rings is 1. The highest BCUT2D eigenvalue weighted by Gasteiger charge is 2.31.